The van der Waals surface area contributed by atoms with E-state index in [9.17, 15) is 9.59 Å². The number of aromatic nitrogens is 2. The number of hydrogen-bond acceptors (Lipinski definition) is 6. The van der Waals surface area contributed by atoms with Gasteiger partial charge in [-0.3, -0.25) is 9.59 Å². The summed E-state index contributed by atoms with van der Waals surface area (Å²) in [7, 11) is 0. The van der Waals surface area contributed by atoms with Crippen molar-refractivity contribution >= 4 is 34.7 Å². The molecule has 5 rings (SSSR count). The highest BCUT2D eigenvalue weighted by Crippen LogP contribution is 2.31. The largest absolute Gasteiger partial charge is 0.483 e. The van der Waals surface area contributed by atoms with E-state index < -0.39 is 5.91 Å². The van der Waals surface area contributed by atoms with Gasteiger partial charge in [-0.1, -0.05) is 41.9 Å². The molecule has 8 nitrogen and oxygen atoms in total. The van der Waals surface area contributed by atoms with E-state index in [0.717, 1.165) is 16.9 Å². The van der Waals surface area contributed by atoms with Crippen molar-refractivity contribution in [2.45, 2.75) is 0 Å². The zero-order chi connectivity index (χ0) is 24.9. The lowest BCUT2D eigenvalue weighted by Gasteiger charge is -2.12. The minimum Gasteiger partial charge on any atom is -0.483 e. The van der Waals surface area contributed by atoms with Gasteiger partial charge in [0.25, 0.3) is 5.91 Å². The number of fused-ring (bicyclic) bond motifs is 1. The molecule has 0 radical (unpaired) electrons. The zero-order valence-electron chi connectivity index (χ0n) is 18.8. The standard InChI is InChI=1S/C27H19ClN4O4/c28-19-10-11-25-22(14-19)27(34)18(16-35-25)15-29-31-26(33)17-36-24-9-5-4-8-21(24)23-12-13-30-32(23)20-6-2-1-3-7-20/h1-16H,17H2,(H,31,33)/b29-15-. The van der Waals surface area contributed by atoms with E-state index in [1.807, 2.05) is 54.6 Å². The van der Waals surface area contributed by atoms with Crippen LogP contribution < -0.4 is 15.6 Å². The van der Waals surface area contributed by atoms with Crippen molar-refractivity contribution in [3.05, 3.63) is 112 Å². The van der Waals surface area contributed by atoms with Crippen molar-refractivity contribution in [1.82, 2.24) is 15.2 Å². The molecule has 0 spiro atoms. The summed E-state index contributed by atoms with van der Waals surface area (Å²) in [5.41, 5.74) is 5.13. The molecule has 36 heavy (non-hydrogen) atoms. The highest BCUT2D eigenvalue weighted by Gasteiger charge is 2.13. The molecular weight excluding hydrogens is 480 g/mol. The van der Waals surface area contributed by atoms with Crippen LogP contribution in [0.2, 0.25) is 5.02 Å². The van der Waals surface area contributed by atoms with Crippen LogP contribution in [0.15, 0.2) is 106 Å². The molecule has 0 atom stereocenters. The first-order chi connectivity index (χ1) is 17.6. The number of carbonyl (C=O) groups is 1. The van der Waals surface area contributed by atoms with Crippen LogP contribution >= 0.6 is 11.6 Å². The van der Waals surface area contributed by atoms with Gasteiger partial charge >= 0.3 is 0 Å². The van der Waals surface area contributed by atoms with Crippen molar-refractivity contribution in [3.63, 3.8) is 0 Å². The highest BCUT2D eigenvalue weighted by molar-refractivity contribution is 6.31. The van der Waals surface area contributed by atoms with Gasteiger partial charge in [0, 0.05) is 10.6 Å². The second-order valence-electron chi connectivity index (χ2n) is 7.70. The van der Waals surface area contributed by atoms with Crippen molar-refractivity contribution in [1.29, 1.82) is 0 Å². The molecule has 0 aliphatic carbocycles. The molecule has 2 heterocycles. The predicted octanol–water partition coefficient (Wildman–Crippen LogP) is 4.83. The molecule has 0 unspecified atom stereocenters. The van der Waals surface area contributed by atoms with Crippen molar-refractivity contribution < 1.29 is 13.9 Å². The molecular formula is C27H19ClN4O4. The van der Waals surface area contributed by atoms with Crippen LogP contribution in [0, 0.1) is 0 Å². The minimum absolute atomic E-state index is 0.172. The first-order valence-electron chi connectivity index (χ1n) is 10.9. The third kappa shape index (κ3) is 4.89. The van der Waals surface area contributed by atoms with Gasteiger partial charge in [-0.25, -0.2) is 10.1 Å². The normalized spacial score (nSPS) is 11.1. The average molecular weight is 499 g/mol. The number of hydrogen-bond donors (Lipinski definition) is 1. The molecule has 1 N–H and O–H groups in total. The van der Waals surface area contributed by atoms with Gasteiger partial charge in [0.05, 0.1) is 34.7 Å². The Bertz CT molecular complexity index is 1630. The third-order valence-corrected chi connectivity index (χ3v) is 5.55. The Labute approximate surface area is 210 Å². The summed E-state index contributed by atoms with van der Waals surface area (Å²) in [5.74, 6) is 0.0206. The Hall–Kier alpha value is -4.69. The van der Waals surface area contributed by atoms with Crippen LogP contribution in [0.5, 0.6) is 5.75 Å². The van der Waals surface area contributed by atoms with Crippen LogP contribution in [0.4, 0.5) is 0 Å². The number of halogens is 1. The summed E-state index contributed by atoms with van der Waals surface area (Å²) >= 11 is 5.97. The number of para-hydroxylation sites is 2. The maximum Gasteiger partial charge on any atom is 0.277 e. The molecule has 0 bridgehead atoms. The van der Waals surface area contributed by atoms with Crippen molar-refractivity contribution in [2.75, 3.05) is 6.61 Å². The Kier molecular flexibility index (Phi) is 6.59. The summed E-state index contributed by atoms with van der Waals surface area (Å²) in [6, 6.07) is 23.7. The van der Waals surface area contributed by atoms with E-state index in [2.05, 4.69) is 15.6 Å². The predicted molar refractivity (Wildman–Crippen MR) is 138 cm³/mol. The molecule has 5 aromatic rings. The van der Waals surface area contributed by atoms with E-state index in [4.69, 9.17) is 20.8 Å². The summed E-state index contributed by atoms with van der Waals surface area (Å²) < 4.78 is 13.0. The van der Waals surface area contributed by atoms with Crippen LogP contribution in [-0.4, -0.2) is 28.5 Å². The second kappa shape index (κ2) is 10.3. The molecule has 0 aliphatic heterocycles. The number of ether oxygens (including phenoxy) is 1. The zero-order valence-corrected chi connectivity index (χ0v) is 19.6. The van der Waals surface area contributed by atoms with Gasteiger partial charge in [0.1, 0.15) is 17.6 Å². The lowest BCUT2D eigenvalue weighted by Crippen LogP contribution is -2.25. The summed E-state index contributed by atoms with van der Waals surface area (Å²) in [6.07, 6.45) is 4.20. The summed E-state index contributed by atoms with van der Waals surface area (Å²) in [6.45, 7) is -0.282. The molecule has 2 aromatic heterocycles. The maximum absolute atomic E-state index is 12.6. The molecule has 1 amide bonds. The van der Waals surface area contributed by atoms with Crippen molar-refractivity contribution in [3.8, 4) is 22.7 Å². The summed E-state index contributed by atoms with van der Waals surface area (Å²) in [5, 5.41) is 9.02. The topological polar surface area (TPSA) is 98.7 Å². The quantitative estimate of drug-likeness (QED) is 0.256. The molecule has 0 fully saturated rings. The fraction of sp³-hybridized carbons (Fsp3) is 0.0370. The van der Waals surface area contributed by atoms with Gasteiger partial charge in [-0.15, -0.1) is 0 Å². The fourth-order valence-corrected chi connectivity index (χ4v) is 3.82. The van der Waals surface area contributed by atoms with Gasteiger partial charge < -0.3 is 9.15 Å². The van der Waals surface area contributed by atoms with Gasteiger partial charge in [0.15, 0.2) is 6.61 Å². The third-order valence-electron chi connectivity index (χ3n) is 5.32. The lowest BCUT2D eigenvalue weighted by atomic mass is 10.1. The highest BCUT2D eigenvalue weighted by atomic mass is 35.5. The minimum atomic E-state index is -0.495. The molecule has 0 saturated heterocycles. The first-order valence-corrected chi connectivity index (χ1v) is 11.3. The van der Waals surface area contributed by atoms with E-state index in [1.54, 1.807) is 29.1 Å². The monoisotopic (exact) mass is 498 g/mol. The molecule has 0 aliphatic rings. The molecule has 0 saturated carbocycles. The van der Waals surface area contributed by atoms with Crippen LogP contribution in [0.3, 0.4) is 0 Å². The SMILES string of the molecule is O=C(COc1ccccc1-c1ccnn1-c1ccccc1)N/N=C\c1coc2ccc(Cl)cc2c1=O. The Morgan fingerprint density at radius 2 is 1.89 bits per heavy atom. The number of nitrogens with zero attached hydrogens (tertiary/aromatic N) is 3. The number of rotatable bonds is 7. The number of carbonyl (C=O) groups excluding carboxylic acids is 1. The van der Waals surface area contributed by atoms with Crippen molar-refractivity contribution in [2.24, 2.45) is 5.10 Å². The van der Waals surface area contributed by atoms with Gasteiger partial charge in [-0.05, 0) is 48.5 Å². The average Bonchev–Trinajstić information content (AvgIpc) is 3.40. The first kappa shape index (κ1) is 23.1. The second-order valence-corrected chi connectivity index (χ2v) is 8.14. The fourth-order valence-electron chi connectivity index (χ4n) is 3.64. The number of benzene rings is 3. The lowest BCUT2D eigenvalue weighted by molar-refractivity contribution is -0.123. The molecule has 178 valence electrons. The number of hydrazone groups is 1. The number of amides is 1. The van der Waals surface area contributed by atoms with Gasteiger partial charge in [0.2, 0.25) is 5.43 Å². The van der Waals surface area contributed by atoms with E-state index >= 15 is 0 Å². The Balaban J connectivity index is 1.27. The molecule has 3 aromatic carbocycles. The summed E-state index contributed by atoms with van der Waals surface area (Å²) in [4.78, 5) is 24.9. The van der Waals surface area contributed by atoms with Crippen LogP contribution in [-0.2, 0) is 4.79 Å². The number of nitrogens with one attached hydrogen (secondary N) is 1. The Morgan fingerprint density at radius 1 is 1.08 bits per heavy atom. The molecule has 9 heteroatoms. The van der Waals surface area contributed by atoms with Crippen LogP contribution in [0.25, 0.3) is 27.9 Å². The maximum atomic E-state index is 12.6. The van der Waals surface area contributed by atoms with Crippen LogP contribution in [0.1, 0.15) is 5.56 Å². The Morgan fingerprint density at radius 3 is 2.75 bits per heavy atom. The smallest absolute Gasteiger partial charge is 0.277 e. The van der Waals surface area contributed by atoms with E-state index in [1.165, 1.54) is 18.5 Å². The van der Waals surface area contributed by atoms with E-state index in [0.29, 0.717) is 21.7 Å². The van der Waals surface area contributed by atoms with Gasteiger partial charge in [-0.2, -0.15) is 10.2 Å². The van der Waals surface area contributed by atoms with E-state index in [-0.39, 0.29) is 17.6 Å².